The van der Waals surface area contributed by atoms with Gasteiger partial charge in [-0.25, -0.2) is 26.3 Å². The van der Waals surface area contributed by atoms with Crippen molar-refractivity contribution >= 4 is 11.7 Å². The zero-order valence-electron chi connectivity index (χ0n) is 15.5. The highest BCUT2D eigenvalue weighted by Crippen LogP contribution is 2.38. The van der Waals surface area contributed by atoms with Crippen LogP contribution in [-0.4, -0.2) is 0 Å². The monoisotopic (exact) mass is 446 g/mol. The van der Waals surface area contributed by atoms with Crippen LogP contribution in [0.5, 0.6) is 0 Å². The van der Waals surface area contributed by atoms with Gasteiger partial charge >= 0.3 is 6.18 Å². The quantitative estimate of drug-likeness (QED) is 0.283. The van der Waals surface area contributed by atoms with Gasteiger partial charge in [-0.05, 0) is 42.3 Å². The molecule has 0 atom stereocenters. The lowest BCUT2D eigenvalue weighted by Crippen LogP contribution is -2.11. The Hall–Kier alpha value is -3.23. The first kappa shape index (κ1) is 22.5. The van der Waals surface area contributed by atoms with Crippen LogP contribution >= 0.6 is 0 Å². The topological polar surface area (TPSA) is 0 Å². The van der Waals surface area contributed by atoms with Gasteiger partial charge in [-0.15, -0.1) is 0 Å². The molecule has 0 aliphatic carbocycles. The zero-order chi connectivity index (χ0) is 23.1. The summed E-state index contributed by atoms with van der Waals surface area (Å²) in [5.74, 6) is -11.7. The molecule has 31 heavy (non-hydrogen) atoms. The van der Waals surface area contributed by atoms with Crippen LogP contribution in [0.15, 0.2) is 48.5 Å². The molecule has 0 nitrogen and oxygen atoms in total. The highest BCUT2D eigenvalue weighted by Gasteiger charge is 2.38. The first-order chi connectivity index (χ1) is 14.4. The Morgan fingerprint density at radius 2 is 1.13 bits per heavy atom. The fourth-order valence-electron chi connectivity index (χ4n) is 2.90. The molecule has 0 heterocycles. The third-order valence-corrected chi connectivity index (χ3v) is 4.42. The van der Waals surface area contributed by atoms with Gasteiger partial charge in [0.15, 0.2) is 11.7 Å². The van der Waals surface area contributed by atoms with Crippen LogP contribution < -0.4 is 0 Å². The summed E-state index contributed by atoms with van der Waals surface area (Å²) in [5.41, 5.74) is -3.79. The van der Waals surface area contributed by atoms with Gasteiger partial charge < -0.3 is 0 Å². The van der Waals surface area contributed by atoms with Crippen molar-refractivity contribution in [2.24, 2.45) is 0 Å². The molecule has 0 aromatic heterocycles. The molecule has 0 bridgehead atoms. The largest absolute Gasteiger partial charge is 0.422 e. The average molecular weight is 446 g/mol. The van der Waals surface area contributed by atoms with Gasteiger partial charge in [0.25, 0.3) is 0 Å². The molecule has 162 valence electrons. The molecular formula is C22H11F9. The molecule has 9 heteroatoms. The van der Waals surface area contributed by atoms with E-state index in [4.69, 9.17) is 0 Å². The number of hydrogen-bond acceptors (Lipinski definition) is 0. The maximum atomic E-state index is 14.5. The first-order valence-electron chi connectivity index (χ1n) is 8.58. The molecule has 3 rings (SSSR count). The standard InChI is InChI=1S/C22H11F9/c1-10-2-4-11(5-3-10)12-6-14(23)18(15(24)7-12)21(28)20(27)13-8-16(25)19(17(26)9-13)22(29,30)31/h2-9H,1H3/b21-20+. The highest BCUT2D eigenvalue weighted by molar-refractivity contribution is 5.84. The molecule has 0 spiro atoms. The molecule has 0 aliphatic heterocycles. The van der Waals surface area contributed by atoms with E-state index >= 15 is 0 Å². The predicted molar refractivity (Wildman–Crippen MR) is 96.9 cm³/mol. The predicted octanol–water partition coefficient (Wildman–Crippen LogP) is 8.00. The summed E-state index contributed by atoms with van der Waals surface area (Å²) >= 11 is 0. The van der Waals surface area contributed by atoms with E-state index in [-0.39, 0.29) is 17.7 Å². The van der Waals surface area contributed by atoms with Gasteiger partial charge in [0, 0.05) is 5.56 Å². The normalized spacial score (nSPS) is 12.7. The smallest absolute Gasteiger partial charge is 0.206 e. The summed E-state index contributed by atoms with van der Waals surface area (Å²) < 4.78 is 123. The van der Waals surface area contributed by atoms with Gasteiger partial charge in [-0.1, -0.05) is 29.8 Å². The SMILES string of the molecule is Cc1ccc(-c2cc(F)c(/C(F)=C(\F)c3cc(F)c(C(F)(F)F)c(F)c3)c(F)c2)cc1. The molecule has 0 aliphatic rings. The van der Waals surface area contributed by atoms with Crippen LogP contribution in [0.2, 0.25) is 0 Å². The van der Waals surface area contributed by atoms with Crippen molar-refractivity contribution in [3.8, 4) is 11.1 Å². The lowest BCUT2D eigenvalue weighted by molar-refractivity contribution is -0.142. The molecule has 3 aromatic carbocycles. The third kappa shape index (κ3) is 4.45. The lowest BCUT2D eigenvalue weighted by atomic mass is 10.00. The van der Waals surface area contributed by atoms with E-state index in [2.05, 4.69) is 0 Å². The summed E-state index contributed by atoms with van der Waals surface area (Å²) in [6.07, 6.45) is -5.42. The Bertz CT molecular complexity index is 1130. The summed E-state index contributed by atoms with van der Waals surface area (Å²) in [6, 6.07) is 7.63. The first-order valence-corrected chi connectivity index (χ1v) is 8.58. The maximum Gasteiger partial charge on any atom is 0.422 e. The Morgan fingerprint density at radius 1 is 0.645 bits per heavy atom. The highest BCUT2D eigenvalue weighted by atomic mass is 19.4. The molecule has 0 unspecified atom stereocenters. The van der Waals surface area contributed by atoms with Crippen LogP contribution in [-0.2, 0) is 6.18 Å². The van der Waals surface area contributed by atoms with Gasteiger partial charge in [0.1, 0.15) is 28.8 Å². The van der Waals surface area contributed by atoms with Crippen LogP contribution in [0.3, 0.4) is 0 Å². The third-order valence-electron chi connectivity index (χ3n) is 4.42. The van der Waals surface area contributed by atoms with Crippen molar-refractivity contribution in [3.63, 3.8) is 0 Å². The van der Waals surface area contributed by atoms with E-state index in [1.54, 1.807) is 31.2 Å². The van der Waals surface area contributed by atoms with E-state index in [0.29, 0.717) is 5.56 Å². The Morgan fingerprint density at radius 3 is 1.58 bits per heavy atom. The Kier molecular flexibility index (Phi) is 5.89. The van der Waals surface area contributed by atoms with Crippen molar-refractivity contribution in [1.82, 2.24) is 0 Å². The Labute approximate surface area is 170 Å². The minimum absolute atomic E-state index is 0.0126. The average Bonchev–Trinajstić information content (AvgIpc) is 2.65. The van der Waals surface area contributed by atoms with Gasteiger partial charge in [-0.3, -0.25) is 0 Å². The minimum atomic E-state index is -5.42. The molecule has 0 radical (unpaired) electrons. The number of hydrogen-bond donors (Lipinski definition) is 0. The number of alkyl halides is 3. The summed E-state index contributed by atoms with van der Waals surface area (Å²) in [5, 5.41) is 0. The lowest BCUT2D eigenvalue weighted by Gasteiger charge is -2.11. The van der Waals surface area contributed by atoms with Crippen LogP contribution in [0.25, 0.3) is 22.8 Å². The molecule has 0 fully saturated rings. The van der Waals surface area contributed by atoms with Crippen molar-refractivity contribution in [3.05, 3.63) is 94.1 Å². The molecular weight excluding hydrogens is 435 g/mol. The van der Waals surface area contributed by atoms with Gasteiger partial charge in [0.05, 0.1) is 5.56 Å². The second kappa shape index (κ2) is 8.13. The summed E-state index contributed by atoms with van der Waals surface area (Å²) in [7, 11) is 0. The van der Waals surface area contributed by atoms with Crippen molar-refractivity contribution in [2.75, 3.05) is 0 Å². The van der Waals surface area contributed by atoms with E-state index in [9.17, 15) is 39.5 Å². The van der Waals surface area contributed by atoms with E-state index in [1.807, 2.05) is 0 Å². The molecule has 0 N–H and O–H groups in total. The molecule has 3 aromatic rings. The fraction of sp³-hybridized carbons (Fsp3) is 0.0909. The van der Waals surface area contributed by atoms with Crippen molar-refractivity contribution < 1.29 is 39.5 Å². The van der Waals surface area contributed by atoms with Crippen LogP contribution in [0, 0.1) is 30.2 Å². The number of benzene rings is 3. The summed E-state index contributed by atoms with van der Waals surface area (Å²) in [6.45, 7) is 1.78. The number of rotatable bonds is 3. The second-order valence-corrected chi connectivity index (χ2v) is 6.62. The van der Waals surface area contributed by atoms with Gasteiger partial charge in [-0.2, -0.15) is 13.2 Å². The van der Waals surface area contributed by atoms with Crippen LogP contribution in [0.4, 0.5) is 39.5 Å². The van der Waals surface area contributed by atoms with E-state index in [1.165, 1.54) is 0 Å². The van der Waals surface area contributed by atoms with E-state index < -0.39 is 57.8 Å². The van der Waals surface area contributed by atoms with Gasteiger partial charge in [0.2, 0.25) is 0 Å². The van der Waals surface area contributed by atoms with E-state index in [0.717, 1.165) is 17.7 Å². The second-order valence-electron chi connectivity index (χ2n) is 6.62. The number of halogens is 9. The molecule has 0 amide bonds. The number of aryl methyl sites for hydroxylation is 1. The van der Waals surface area contributed by atoms with Crippen molar-refractivity contribution in [2.45, 2.75) is 13.1 Å². The fourth-order valence-corrected chi connectivity index (χ4v) is 2.90. The maximum absolute atomic E-state index is 14.5. The summed E-state index contributed by atoms with van der Waals surface area (Å²) in [4.78, 5) is 0. The minimum Gasteiger partial charge on any atom is -0.206 e. The molecule has 0 saturated heterocycles. The van der Waals surface area contributed by atoms with Crippen LogP contribution in [0.1, 0.15) is 22.3 Å². The zero-order valence-corrected chi connectivity index (χ0v) is 15.5. The Balaban J connectivity index is 2.09. The molecule has 0 saturated carbocycles. The van der Waals surface area contributed by atoms with Crippen molar-refractivity contribution in [1.29, 1.82) is 0 Å².